The van der Waals surface area contributed by atoms with Crippen LogP contribution in [0.1, 0.15) is 13.8 Å². The summed E-state index contributed by atoms with van der Waals surface area (Å²) in [6.07, 6.45) is 3.06. The predicted molar refractivity (Wildman–Crippen MR) is 61.1 cm³/mol. The normalized spacial score (nSPS) is 8.00. The van der Waals surface area contributed by atoms with E-state index >= 15 is 0 Å². The Labute approximate surface area is 101 Å². The summed E-state index contributed by atoms with van der Waals surface area (Å²) in [5, 5.41) is 16.3. The number of hydrogen-bond donors (Lipinski definition) is 0. The fraction of sp³-hybridized carbons (Fsp3) is 0.333. The minimum Gasteiger partial charge on any atom is -0.388 e. The molecule has 0 N–H and O–H groups in total. The third-order valence-corrected chi connectivity index (χ3v) is 1.56. The largest absolute Gasteiger partial charge is 0.388 e. The zero-order chi connectivity index (χ0) is 12.9. The molecule has 0 radical (unpaired) electrons. The Morgan fingerprint density at radius 1 is 0.882 bits per heavy atom. The molecule has 0 amide bonds. The number of rotatable bonds is 4. The smallest absolute Gasteiger partial charge is 0.292 e. The molecule has 90 valence electrons. The first-order valence-corrected chi connectivity index (χ1v) is 5.08. The summed E-state index contributed by atoms with van der Waals surface area (Å²) in [4.78, 5) is 0. The van der Waals surface area contributed by atoms with Gasteiger partial charge in [0.25, 0.3) is 12.5 Å². The summed E-state index contributed by atoms with van der Waals surface area (Å²) in [7, 11) is 0. The van der Waals surface area contributed by atoms with Crippen LogP contribution < -0.4 is 9.47 Å². The average Bonchev–Trinajstić information content (AvgIpc) is 2.34. The number of benzene rings is 1. The van der Waals surface area contributed by atoms with Crippen molar-refractivity contribution in [3.8, 4) is 24.0 Å². The van der Waals surface area contributed by atoms with E-state index in [9.17, 15) is 0 Å². The first-order chi connectivity index (χ1) is 8.28. The van der Waals surface area contributed by atoms with Gasteiger partial charge < -0.3 is 14.2 Å². The molecule has 5 heteroatoms. The van der Waals surface area contributed by atoms with Crippen molar-refractivity contribution in [3.63, 3.8) is 0 Å². The van der Waals surface area contributed by atoms with E-state index in [1.165, 1.54) is 36.8 Å². The first-order valence-electron chi connectivity index (χ1n) is 5.08. The zero-order valence-electron chi connectivity index (χ0n) is 9.84. The van der Waals surface area contributed by atoms with Crippen molar-refractivity contribution in [1.29, 1.82) is 10.5 Å². The van der Waals surface area contributed by atoms with Crippen molar-refractivity contribution in [2.45, 2.75) is 13.8 Å². The molecule has 0 saturated carbocycles. The molecule has 0 bridgehead atoms. The van der Waals surface area contributed by atoms with Crippen LogP contribution in [0.3, 0.4) is 0 Å². The molecule has 1 aromatic rings. The van der Waals surface area contributed by atoms with E-state index in [-0.39, 0.29) is 0 Å². The summed E-state index contributed by atoms with van der Waals surface area (Å²) >= 11 is 0. The molecule has 1 rings (SSSR count). The van der Waals surface area contributed by atoms with Crippen LogP contribution in [0.2, 0.25) is 0 Å². The van der Waals surface area contributed by atoms with Crippen LogP contribution in [0.25, 0.3) is 0 Å². The highest BCUT2D eigenvalue weighted by atomic mass is 16.5. The van der Waals surface area contributed by atoms with Crippen molar-refractivity contribution in [2.24, 2.45) is 0 Å². The van der Waals surface area contributed by atoms with Crippen molar-refractivity contribution in [1.82, 2.24) is 0 Å². The number of ether oxygens (including phenoxy) is 3. The Morgan fingerprint density at radius 2 is 1.24 bits per heavy atom. The lowest BCUT2D eigenvalue weighted by molar-refractivity contribution is 0.162. The van der Waals surface area contributed by atoms with Gasteiger partial charge in [0.05, 0.1) is 0 Å². The quantitative estimate of drug-likeness (QED) is 0.748. The lowest BCUT2D eigenvalue weighted by atomic mass is 10.3. The van der Waals surface area contributed by atoms with Crippen LogP contribution in [-0.4, -0.2) is 13.2 Å². The SMILES string of the molecule is CCOCC.N#COc1ccc(OC#N)cc1. The molecule has 0 unspecified atom stereocenters. The van der Waals surface area contributed by atoms with E-state index in [4.69, 9.17) is 15.3 Å². The summed E-state index contributed by atoms with van der Waals surface area (Å²) < 4.78 is 13.8. The maximum Gasteiger partial charge on any atom is 0.292 e. The molecule has 0 spiro atoms. The minimum atomic E-state index is 0.419. The standard InChI is InChI=1S/C8H4N2O2.C4H10O/c9-5-11-7-1-2-8(4-3-7)12-6-10;1-3-5-4-2/h1-4H;3-4H2,1-2H3. The molecule has 5 nitrogen and oxygen atoms in total. The fourth-order valence-corrected chi connectivity index (χ4v) is 0.885. The second kappa shape index (κ2) is 10.3. The van der Waals surface area contributed by atoms with Gasteiger partial charge in [-0.15, -0.1) is 10.5 Å². The van der Waals surface area contributed by atoms with E-state index in [1.54, 1.807) is 0 Å². The summed E-state index contributed by atoms with van der Waals surface area (Å²) in [6, 6.07) is 6.15. The highest BCUT2D eigenvalue weighted by molar-refractivity contribution is 5.32. The molecule has 0 aliphatic carbocycles. The lowest BCUT2D eigenvalue weighted by Gasteiger charge is -1.96. The van der Waals surface area contributed by atoms with Crippen LogP contribution >= 0.6 is 0 Å². The Bertz CT molecular complexity index is 339. The molecule has 0 aromatic heterocycles. The van der Waals surface area contributed by atoms with E-state index in [0.717, 1.165) is 13.2 Å². The second-order valence-electron chi connectivity index (χ2n) is 2.64. The van der Waals surface area contributed by atoms with Crippen LogP contribution in [0.15, 0.2) is 24.3 Å². The van der Waals surface area contributed by atoms with Gasteiger partial charge in [0.15, 0.2) is 0 Å². The van der Waals surface area contributed by atoms with Gasteiger partial charge in [-0.05, 0) is 38.1 Å². The topological polar surface area (TPSA) is 75.3 Å². The molecule has 0 heterocycles. The van der Waals surface area contributed by atoms with E-state index < -0.39 is 0 Å². The van der Waals surface area contributed by atoms with Crippen molar-refractivity contribution in [3.05, 3.63) is 24.3 Å². The predicted octanol–water partition coefficient (Wildman–Crippen LogP) is 2.45. The first kappa shape index (κ1) is 14.8. The molecule has 0 saturated heterocycles. The molecule has 17 heavy (non-hydrogen) atoms. The lowest BCUT2D eigenvalue weighted by Crippen LogP contribution is -1.84. The number of hydrogen-bond acceptors (Lipinski definition) is 5. The average molecular weight is 234 g/mol. The minimum absolute atomic E-state index is 0.419. The Kier molecular flexibility index (Phi) is 8.93. The Morgan fingerprint density at radius 3 is 1.41 bits per heavy atom. The summed E-state index contributed by atoms with van der Waals surface area (Å²) in [5.41, 5.74) is 0. The maximum atomic E-state index is 8.14. The van der Waals surface area contributed by atoms with E-state index in [2.05, 4.69) is 9.47 Å². The van der Waals surface area contributed by atoms with Crippen LogP contribution in [-0.2, 0) is 4.74 Å². The molecule has 1 aromatic carbocycles. The van der Waals surface area contributed by atoms with Crippen molar-refractivity contribution in [2.75, 3.05) is 13.2 Å². The fourth-order valence-electron chi connectivity index (χ4n) is 0.885. The highest BCUT2D eigenvalue weighted by Crippen LogP contribution is 2.16. The molecular formula is C12H14N2O3. The third kappa shape index (κ3) is 7.66. The zero-order valence-corrected chi connectivity index (χ0v) is 9.84. The van der Waals surface area contributed by atoms with Gasteiger partial charge in [-0.3, -0.25) is 0 Å². The van der Waals surface area contributed by atoms with Gasteiger partial charge >= 0.3 is 0 Å². The molecular weight excluding hydrogens is 220 g/mol. The highest BCUT2D eigenvalue weighted by Gasteiger charge is 1.94. The molecule has 0 aliphatic heterocycles. The van der Waals surface area contributed by atoms with Gasteiger partial charge in [0.2, 0.25) is 0 Å². The van der Waals surface area contributed by atoms with Gasteiger partial charge in [-0.25, -0.2) is 0 Å². The third-order valence-electron chi connectivity index (χ3n) is 1.56. The summed E-state index contributed by atoms with van der Waals surface area (Å²) in [6.45, 7) is 5.67. The van der Waals surface area contributed by atoms with Crippen LogP contribution in [0.5, 0.6) is 11.5 Å². The molecule has 0 aliphatic rings. The number of nitriles is 2. The van der Waals surface area contributed by atoms with Gasteiger partial charge in [0, 0.05) is 13.2 Å². The van der Waals surface area contributed by atoms with Gasteiger partial charge in [-0.1, -0.05) is 0 Å². The van der Waals surface area contributed by atoms with E-state index in [1.807, 2.05) is 13.8 Å². The maximum absolute atomic E-state index is 8.14. The molecule has 0 atom stereocenters. The summed E-state index contributed by atoms with van der Waals surface area (Å²) in [5.74, 6) is 0.838. The van der Waals surface area contributed by atoms with Crippen molar-refractivity contribution < 1.29 is 14.2 Å². The monoisotopic (exact) mass is 234 g/mol. The van der Waals surface area contributed by atoms with E-state index in [0.29, 0.717) is 11.5 Å². The van der Waals surface area contributed by atoms with Gasteiger partial charge in [0.1, 0.15) is 11.5 Å². The molecule has 0 fully saturated rings. The van der Waals surface area contributed by atoms with Gasteiger partial charge in [-0.2, -0.15) is 0 Å². The van der Waals surface area contributed by atoms with Crippen LogP contribution in [0.4, 0.5) is 0 Å². The van der Waals surface area contributed by atoms with Crippen molar-refractivity contribution >= 4 is 0 Å². The second-order valence-corrected chi connectivity index (χ2v) is 2.64. The Hall–Kier alpha value is -2.24. The van der Waals surface area contributed by atoms with Crippen LogP contribution in [0, 0.1) is 23.0 Å². The number of nitrogens with zero attached hydrogens (tertiary/aromatic N) is 2. The Balaban J connectivity index is 0.000000437.